The third-order valence-electron chi connectivity index (χ3n) is 2.98. The van der Waals surface area contributed by atoms with E-state index in [4.69, 9.17) is 0 Å². The van der Waals surface area contributed by atoms with Crippen molar-refractivity contribution in [3.8, 4) is 5.75 Å². The van der Waals surface area contributed by atoms with Gasteiger partial charge >= 0.3 is 0 Å². The van der Waals surface area contributed by atoms with Crippen molar-refractivity contribution in [2.24, 2.45) is 0 Å². The van der Waals surface area contributed by atoms with Crippen molar-refractivity contribution >= 4 is 11.6 Å². The summed E-state index contributed by atoms with van der Waals surface area (Å²) in [7, 11) is 0. The zero-order valence-corrected chi connectivity index (χ0v) is 10.5. The fraction of sp³-hybridized carbons (Fsp3) is 0.143. The normalized spacial score (nSPS) is 10.8. The van der Waals surface area contributed by atoms with Crippen LogP contribution in [0.1, 0.15) is 11.3 Å². The number of para-hydroxylation sites is 1. The van der Waals surface area contributed by atoms with E-state index in [0.717, 1.165) is 16.9 Å². The van der Waals surface area contributed by atoms with Crippen LogP contribution < -0.4 is 5.32 Å². The Labute approximate surface area is 110 Å². The number of aryl methyl sites for hydroxylation is 1. The van der Waals surface area contributed by atoms with Gasteiger partial charge in [-0.05, 0) is 25.1 Å². The summed E-state index contributed by atoms with van der Waals surface area (Å²) in [6.07, 6.45) is 0. The Hall–Kier alpha value is -2.56. The summed E-state index contributed by atoms with van der Waals surface area (Å²) >= 11 is 0. The molecule has 0 fully saturated rings. The molecule has 0 atom stereocenters. The number of pyridine rings is 1. The summed E-state index contributed by atoms with van der Waals surface area (Å²) in [5.41, 5.74) is 2.65. The first-order valence-corrected chi connectivity index (χ1v) is 6.07. The second-order valence-corrected chi connectivity index (χ2v) is 4.35. The zero-order valence-electron chi connectivity index (χ0n) is 10.5. The van der Waals surface area contributed by atoms with E-state index in [1.807, 2.05) is 37.3 Å². The summed E-state index contributed by atoms with van der Waals surface area (Å²) in [5, 5.41) is 17.2. The van der Waals surface area contributed by atoms with Gasteiger partial charge in [0.15, 0.2) is 5.65 Å². The van der Waals surface area contributed by atoms with Crippen molar-refractivity contribution in [2.45, 2.75) is 13.5 Å². The van der Waals surface area contributed by atoms with Crippen molar-refractivity contribution < 1.29 is 5.11 Å². The Balaban J connectivity index is 1.83. The van der Waals surface area contributed by atoms with E-state index in [1.165, 1.54) is 0 Å². The summed E-state index contributed by atoms with van der Waals surface area (Å²) < 4.78 is 1.78. The van der Waals surface area contributed by atoms with E-state index in [1.54, 1.807) is 16.6 Å². The number of hydrogen-bond acceptors (Lipinski definition) is 4. The number of phenolic OH excluding ortho intramolecular Hbond substituents is 1. The average Bonchev–Trinajstić information content (AvgIpc) is 2.82. The van der Waals surface area contributed by atoms with Crippen LogP contribution >= 0.6 is 0 Å². The Morgan fingerprint density at radius 1 is 1.16 bits per heavy atom. The highest BCUT2D eigenvalue weighted by molar-refractivity contribution is 5.45. The Morgan fingerprint density at radius 2 is 2.00 bits per heavy atom. The predicted molar refractivity (Wildman–Crippen MR) is 73.2 cm³/mol. The number of aromatic hydroxyl groups is 1. The topological polar surface area (TPSA) is 62.5 Å². The number of fused-ring (bicyclic) bond motifs is 1. The van der Waals surface area contributed by atoms with E-state index in [0.29, 0.717) is 12.5 Å². The smallest absolute Gasteiger partial charge is 0.243 e. The lowest BCUT2D eigenvalue weighted by Gasteiger charge is -2.03. The molecule has 2 aromatic heterocycles. The molecule has 96 valence electrons. The van der Waals surface area contributed by atoms with Crippen LogP contribution in [0.5, 0.6) is 5.75 Å². The first-order valence-electron chi connectivity index (χ1n) is 6.07. The van der Waals surface area contributed by atoms with Gasteiger partial charge in [0.2, 0.25) is 5.95 Å². The van der Waals surface area contributed by atoms with Gasteiger partial charge in [0.25, 0.3) is 0 Å². The average molecular weight is 254 g/mol. The second-order valence-electron chi connectivity index (χ2n) is 4.35. The van der Waals surface area contributed by atoms with Crippen LogP contribution in [-0.4, -0.2) is 19.7 Å². The van der Waals surface area contributed by atoms with Crippen molar-refractivity contribution in [1.82, 2.24) is 14.6 Å². The SMILES string of the molecule is Cc1cccc2nc(NCc3ccccc3O)nn12. The minimum Gasteiger partial charge on any atom is -0.508 e. The number of benzene rings is 1. The quantitative estimate of drug-likeness (QED) is 0.753. The fourth-order valence-electron chi connectivity index (χ4n) is 1.95. The number of rotatable bonds is 3. The molecule has 3 rings (SSSR count). The highest BCUT2D eigenvalue weighted by Crippen LogP contribution is 2.17. The van der Waals surface area contributed by atoms with Crippen molar-refractivity contribution in [2.75, 3.05) is 5.32 Å². The van der Waals surface area contributed by atoms with E-state index in [2.05, 4.69) is 15.4 Å². The molecule has 0 aliphatic carbocycles. The number of hydrogen-bond donors (Lipinski definition) is 2. The van der Waals surface area contributed by atoms with Gasteiger partial charge in [0.1, 0.15) is 5.75 Å². The van der Waals surface area contributed by atoms with Crippen LogP contribution in [0, 0.1) is 6.92 Å². The Kier molecular flexibility index (Phi) is 2.79. The molecule has 3 aromatic rings. The summed E-state index contributed by atoms with van der Waals surface area (Å²) in [6, 6.07) is 13.1. The van der Waals surface area contributed by atoms with Gasteiger partial charge in [-0.1, -0.05) is 24.3 Å². The van der Waals surface area contributed by atoms with Gasteiger partial charge in [0, 0.05) is 17.8 Å². The summed E-state index contributed by atoms with van der Waals surface area (Å²) in [5.74, 6) is 0.826. The molecule has 0 bridgehead atoms. The lowest BCUT2D eigenvalue weighted by molar-refractivity contribution is 0.469. The molecule has 1 aromatic carbocycles. The number of nitrogens with one attached hydrogen (secondary N) is 1. The van der Waals surface area contributed by atoms with Crippen LogP contribution in [0.4, 0.5) is 5.95 Å². The molecule has 0 amide bonds. The molecule has 0 aliphatic heterocycles. The van der Waals surface area contributed by atoms with Gasteiger partial charge in [-0.3, -0.25) is 0 Å². The molecule has 2 heterocycles. The highest BCUT2D eigenvalue weighted by Gasteiger charge is 2.05. The number of phenols is 1. The fourth-order valence-corrected chi connectivity index (χ4v) is 1.95. The Morgan fingerprint density at radius 3 is 2.79 bits per heavy atom. The third-order valence-corrected chi connectivity index (χ3v) is 2.98. The lowest BCUT2D eigenvalue weighted by atomic mass is 10.2. The van der Waals surface area contributed by atoms with Gasteiger partial charge in [-0.25, -0.2) is 4.52 Å². The molecular weight excluding hydrogens is 240 g/mol. The second kappa shape index (κ2) is 4.61. The van der Waals surface area contributed by atoms with Crippen LogP contribution in [-0.2, 0) is 6.54 Å². The molecule has 2 N–H and O–H groups in total. The minimum absolute atomic E-state index is 0.273. The van der Waals surface area contributed by atoms with Gasteiger partial charge in [0.05, 0.1) is 0 Å². The van der Waals surface area contributed by atoms with E-state index in [9.17, 15) is 5.11 Å². The van der Waals surface area contributed by atoms with E-state index >= 15 is 0 Å². The molecule has 19 heavy (non-hydrogen) atoms. The maximum absolute atomic E-state index is 9.69. The monoisotopic (exact) mass is 254 g/mol. The molecule has 5 heteroatoms. The molecule has 0 radical (unpaired) electrons. The van der Waals surface area contributed by atoms with Crippen molar-refractivity contribution in [3.05, 3.63) is 53.7 Å². The molecule has 0 spiro atoms. The predicted octanol–water partition coefficient (Wildman–Crippen LogP) is 2.36. The molecule has 0 unspecified atom stereocenters. The van der Waals surface area contributed by atoms with Crippen LogP contribution in [0.25, 0.3) is 5.65 Å². The summed E-state index contributed by atoms with van der Waals surface area (Å²) in [6.45, 7) is 2.47. The standard InChI is InChI=1S/C14H14N4O/c1-10-5-4-8-13-16-14(17-18(10)13)15-9-11-6-2-3-7-12(11)19/h2-8,19H,9H2,1H3,(H,15,17). The summed E-state index contributed by atoms with van der Waals surface area (Å²) in [4.78, 5) is 4.38. The van der Waals surface area contributed by atoms with Gasteiger partial charge in [-0.15, -0.1) is 5.10 Å². The van der Waals surface area contributed by atoms with E-state index < -0.39 is 0 Å². The third kappa shape index (κ3) is 2.22. The number of aromatic nitrogens is 3. The van der Waals surface area contributed by atoms with Gasteiger partial charge in [-0.2, -0.15) is 4.98 Å². The van der Waals surface area contributed by atoms with Crippen LogP contribution in [0.3, 0.4) is 0 Å². The molecular formula is C14H14N4O. The minimum atomic E-state index is 0.273. The first kappa shape index (κ1) is 11.5. The molecule has 0 aliphatic rings. The molecule has 0 saturated heterocycles. The Bertz CT molecular complexity index is 720. The maximum Gasteiger partial charge on any atom is 0.243 e. The number of nitrogens with zero attached hydrogens (tertiary/aromatic N) is 3. The highest BCUT2D eigenvalue weighted by atomic mass is 16.3. The zero-order chi connectivity index (χ0) is 13.2. The molecule has 5 nitrogen and oxygen atoms in total. The molecule has 0 saturated carbocycles. The first-order chi connectivity index (χ1) is 9.24. The maximum atomic E-state index is 9.69. The van der Waals surface area contributed by atoms with Crippen LogP contribution in [0.2, 0.25) is 0 Å². The van der Waals surface area contributed by atoms with E-state index in [-0.39, 0.29) is 5.75 Å². The number of anilines is 1. The van der Waals surface area contributed by atoms with Crippen molar-refractivity contribution in [3.63, 3.8) is 0 Å². The van der Waals surface area contributed by atoms with Crippen LogP contribution in [0.15, 0.2) is 42.5 Å². The van der Waals surface area contributed by atoms with Gasteiger partial charge < -0.3 is 10.4 Å². The lowest BCUT2D eigenvalue weighted by Crippen LogP contribution is -2.01. The van der Waals surface area contributed by atoms with Crippen molar-refractivity contribution in [1.29, 1.82) is 0 Å². The largest absolute Gasteiger partial charge is 0.508 e.